The summed E-state index contributed by atoms with van der Waals surface area (Å²) in [6.45, 7) is 9.68. The topological polar surface area (TPSA) is 56.3 Å². The first-order valence-electron chi connectivity index (χ1n) is 6.77. The largest absolute Gasteiger partial charge is 0.374 e. The Morgan fingerprint density at radius 2 is 2.33 bits per heavy atom. The van der Waals surface area contributed by atoms with Crippen molar-refractivity contribution >= 4 is 0 Å². The predicted octanol–water partition coefficient (Wildman–Crippen LogP) is 1.01. The summed E-state index contributed by atoms with van der Waals surface area (Å²) in [6.07, 6.45) is 4.12. The van der Waals surface area contributed by atoms with Gasteiger partial charge in [0.05, 0.1) is 24.9 Å². The third-order valence-corrected chi connectivity index (χ3v) is 3.61. The Kier molecular flexibility index (Phi) is 4.37. The van der Waals surface area contributed by atoms with E-state index in [-0.39, 0.29) is 12.1 Å². The zero-order chi connectivity index (χ0) is 13.1. The average Bonchev–Trinajstić information content (AvgIpc) is 2.86. The van der Waals surface area contributed by atoms with Gasteiger partial charge in [-0.2, -0.15) is 5.10 Å². The summed E-state index contributed by atoms with van der Waals surface area (Å²) in [5.41, 5.74) is 7.06. The molecule has 1 aromatic heterocycles. The zero-order valence-electron chi connectivity index (χ0n) is 11.5. The Morgan fingerprint density at radius 1 is 1.56 bits per heavy atom. The van der Waals surface area contributed by atoms with E-state index < -0.39 is 0 Å². The molecule has 2 heterocycles. The number of hydrogen-bond acceptors (Lipinski definition) is 4. The van der Waals surface area contributed by atoms with Crippen LogP contribution in [-0.2, 0) is 11.3 Å². The maximum atomic E-state index is 5.85. The first kappa shape index (κ1) is 13.5. The number of morpholine rings is 1. The van der Waals surface area contributed by atoms with Crippen LogP contribution in [0.5, 0.6) is 0 Å². The molecule has 0 amide bonds. The summed E-state index contributed by atoms with van der Waals surface area (Å²) in [5, 5.41) is 4.37. The van der Waals surface area contributed by atoms with Crippen molar-refractivity contribution in [2.24, 2.45) is 5.73 Å². The van der Waals surface area contributed by atoms with Crippen molar-refractivity contribution in [2.45, 2.75) is 45.5 Å². The van der Waals surface area contributed by atoms with Gasteiger partial charge in [0.2, 0.25) is 0 Å². The highest BCUT2D eigenvalue weighted by Gasteiger charge is 2.34. The van der Waals surface area contributed by atoms with Crippen LogP contribution in [0.2, 0.25) is 0 Å². The van der Waals surface area contributed by atoms with Crippen LogP contribution in [0, 0.1) is 0 Å². The summed E-state index contributed by atoms with van der Waals surface area (Å²) < 4.78 is 7.77. The smallest absolute Gasteiger partial charge is 0.0895 e. The normalized spacial score (nSPS) is 25.8. The minimum atomic E-state index is 0.0654. The van der Waals surface area contributed by atoms with Gasteiger partial charge in [0, 0.05) is 37.4 Å². The van der Waals surface area contributed by atoms with E-state index in [9.17, 15) is 0 Å². The van der Waals surface area contributed by atoms with Gasteiger partial charge in [0.1, 0.15) is 0 Å². The molecule has 1 fully saturated rings. The Bertz CT molecular complexity index is 377. The second-order valence-corrected chi connectivity index (χ2v) is 5.05. The molecule has 1 aliphatic heterocycles. The van der Waals surface area contributed by atoms with Crippen molar-refractivity contribution < 1.29 is 4.74 Å². The number of aromatic nitrogens is 2. The highest BCUT2D eigenvalue weighted by molar-refractivity contribution is 5.14. The van der Waals surface area contributed by atoms with E-state index in [0.717, 1.165) is 19.7 Å². The molecule has 1 aliphatic rings. The zero-order valence-corrected chi connectivity index (χ0v) is 11.5. The van der Waals surface area contributed by atoms with Crippen LogP contribution < -0.4 is 5.73 Å². The summed E-state index contributed by atoms with van der Waals surface area (Å²) in [7, 11) is 0. The molecule has 2 atom stereocenters. The number of ether oxygens (including phenoxy) is 1. The van der Waals surface area contributed by atoms with Crippen LogP contribution in [0.25, 0.3) is 0 Å². The van der Waals surface area contributed by atoms with Crippen molar-refractivity contribution in [1.82, 2.24) is 14.7 Å². The molecule has 2 N–H and O–H groups in total. The molecule has 0 bridgehead atoms. The molecule has 0 aliphatic carbocycles. The van der Waals surface area contributed by atoms with Crippen molar-refractivity contribution in [3.63, 3.8) is 0 Å². The third-order valence-electron chi connectivity index (χ3n) is 3.61. The lowest BCUT2D eigenvalue weighted by Crippen LogP contribution is -2.50. The van der Waals surface area contributed by atoms with E-state index in [2.05, 4.69) is 37.0 Å². The van der Waals surface area contributed by atoms with E-state index in [4.69, 9.17) is 10.5 Å². The number of aryl methyl sites for hydroxylation is 1. The third kappa shape index (κ3) is 2.58. The standard InChI is InChI=1S/C13H24N4O/c1-4-16-9-11(8-15-16)13-12(7-14)18-6-5-17(13)10(2)3/h8-10,12-13H,4-7,14H2,1-3H3. The molecule has 5 heteroatoms. The molecule has 5 nitrogen and oxygen atoms in total. The van der Waals surface area contributed by atoms with Crippen molar-refractivity contribution in [3.05, 3.63) is 18.0 Å². The SMILES string of the molecule is CCn1cc(C2C(CN)OCCN2C(C)C)cn1. The quantitative estimate of drug-likeness (QED) is 0.869. The van der Waals surface area contributed by atoms with Crippen LogP contribution in [0.4, 0.5) is 0 Å². The molecular weight excluding hydrogens is 228 g/mol. The molecule has 0 aromatic carbocycles. The fraction of sp³-hybridized carbons (Fsp3) is 0.769. The minimum Gasteiger partial charge on any atom is -0.374 e. The second kappa shape index (κ2) is 5.82. The number of rotatable bonds is 4. The van der Waals surface area contributed by atoms with Gasteiger partial charge in [-0.15, -0.1) is 0 Å². The first-order valence-corrected chi connectivity index (χ1v) is 6.77. The minimum absolute atomic E-state index is 0.0654. The van der Waals surface area contributed by atoms with Gasteiger partial charge in [-0.1, -0.05) is 0 Å². The summed E-state index contributed by atoms with van der Waals surface area (Å²) in [6, 6.07) is 0.710. The lowest BCUT2D eigenvalue weighted by molar-refractivity contribution is -0.0789. The van der Waals surface area contributed by atoms with Crippen molar-refractivity contribution in [3.8, 4) is 0 Å². The second-order valence-electron chi connectivity index (χ2n) is 5.05. The molecule has 0 spiro atoms. The van der Waals surface area contributed by atoms with Gasteiger partial charge in [-0.3, -0.25) is 9.58 Å². The van der Waals surface area contributed by atoms with Crippen LogP contribution in [0.3, 0.4) is 0 Å². The van der Waals surface area contributed by atoms with Crippen LogP contribution in [-0.4, -0.2) is 46.5 Å². The molecule has 0 radical (unpaired) electrons. The van der Waals surface area contributed by atoms with Gasteiger partial charge in [-0.25, -0.2) is 0 Å². The highest BCUT2D eigenvalue weighted by atomic mass is 16.5. The number of hydrogen-bond donors (Lipinski definition) is 1. The lowest BCUT2D eigenvalue weighted by Gasteiger charge is -2.42. The van der Waals surface area contributed by atoms with E-state index >= 15 is 0 Å². The van der Waals surface area contributed by atoms with Crippen molar-refractivity contribution in [1.29, 1.82) is 0 Å². The molecule has 1 saturated heterocycles. The Hall–Kier alpha value is -0.910. The summed E-state index contributed by atoms with van der Waals surface area (Å²) in [4.78, 5) is 2.46. The molecule has 2 unspecified atom stereocenters. The van der Waals surface area contributed by atoms with Gasteiger partial charge in [0.15, 0.2) is 0 Å². The fourth-order valence-electron chi connectivity index (χ4n) is 2.64. The van der Waals surface area contributed by atoms with E-state index in [1.165, 1.54) is 5.56 Å². The number of nitrogens with two attached hydrogens (primary N) is 1. The molecular formula is C13H24N4O. The van der Waals surface area contributed by atoms with Gasteiger partial charge in [-0.05, 0) is 20.8 Å². The molecule has 102 valence electrons. The predicted molar refractivity (Wildman–Crippen MR) is 71.3 cm³/mol. The Balaban J connectivity index is 2.27. The maximum Gasteiger partial charge on any atom is 0.0895 e. The van der Waals surface area contributed by atoms with E-state index in [1.807, 2.05) is 10.9 Å². The molecule has 0 saturated carbocycles. The molecule has 2 rings (SSSR count). The molecule has 1 aromatic rings. The van der Waals surface area contributed by atoms with E-state index in [1.54, 1.807) is 0 Å². The number of nitrogens with zero attached hydrogens (tertiary/aromatic N) is 3. The van der Waals surface area contributed by atoms with Gasteiger partial charge < -0.3 is 10.5 Å². The Morgan fingerprint density at radius 3 is 2.89 bits per heavy atom. The van der Waals surface area contributed by atoms with Gasteiger partial charge in [0.25, 0.3) is 0 Å². The Labute approximate surface area is 109 Å². The highest BCUT2D eigenvalue weighted by Crippen LogP contribution is 2.30. The van der Waals surface area contributed by atoms with Crippen LogP contribution in [0.1, 0.15) is 32.4 Å². The van der Waals surface area contributed by atoms with Gasteiger partial charge >= 0.3 is 0 Å². The average molecular weight is 252 g/mol. The summed E-state index contributed by atoms with van der Waals surface area (Å²) in [5.74, 6) is 0. The van der Waals surface area contributed by atoms with Crippen LogP contribution in [0.15, 0.2) is 12.4 Å². The monoisotopic (exact) mass is 252 g/mol. The fourth-order valence-corrected chi connectivity index (χ4v) is 2.64. The van der Waals surface area contributed by atoms with Crippen LogP contribution >= 0.6 is 0 Å². The van der Waals surface area contributed by atoms with E-state index in [0.29, 0.717) is 12.6 Å². The first-order chi connectivity index (χ1) is 8.67. The van der Waals surface area contributed by atoms with Crippen molar-refractivity contribution in [2.75, 3.05) is 19.7 Å². The lowest BCUT2D eigenvalue weighted by atomic mass is 9.99. The molecule has 18 heavy (non-hydrogen) atoms. The maximum absolute atomic E-state index is 5.85. The summed E-state index contributed by atoms with van der Waals surface area (Å²) >= 11 is 0.